The minimum Gasteiger partial charge on any atom is -0.309 e. The first-order valence-electron chi connectivity index (χ1n) is 20.5. The van der Waals surface area contributed by atoms with Gasteiger partial charge >= 0.3 is 0 Å². The molecule has 0 aliphatic heterocycles. The second kappa shape index (κ2) is 11.7. The van der Waals surface area contributed by atoms with Crippen molar-refractivity contribution in [2.45, 2.75) is 0 Å². The van der Waals surface area contributed by atoms with E-state index in [0.717, 1.165) is 54.8 Å². The number of hydrogen-bond donors (Lipinski definition) is 0. The highest BCUT2D eigenvalue weighted by Crippen LogP contribution is 2.51. The Kier molecular flexibility index (Phi) is 6.23. The highest BCUT2D eigenvalue weighted by Gasteiger charge is 2.28. The third-order valence-corrected chi connectivity index (χ3v) is 12.8. The van der Waals surface area contributed by atoms with E-state index in [0.29, 0.717) is 17.6 Å². The second-order valence-electron chi connectivity index (χ2n) is 16.0. The number of hydrogen-bond acceptors (Lipinski definition) is 3. The molecule has 0 unspecified atom stereocenters. The predicted molar refractivity (Wildman–Crippen MR) is 248 cm³/mol. The first-order chi connectivity index (χ1) is 29.8. The van der Waals surface area contributed by atoms with E-state index in [1.54, 1.807) is 0 Å². The molecule has 1 aliphatic carbocycles. The molecule has 3 aromatic heterocycles. The van der Waals surface area contributed by atoms with Crippen LogP contribution in [0.5, 0.6) is 0 Å². The summed E-state index contributed by atoms with van der Waals surface area (Å²) in [4.78, 5) is 16.4. The maximum absolute atomic E-state index is 5.54. The molecule has 0 N–H and O–H groups in total. The molecule has 14 rings (SSSR count). The lowest BCUT2D eigenvalue weighted by Gasteiger charge is -2.15. The van der Waals surface area contributed by atoms with Gasteiger partial charge in [0.25, 0.3) is 0 Å². The normalized spacial score (nSPS) is 12.3. The summed E-state index contributed by atoms with van der Waals surface area (Å²) < 4.78 is 4.71. The Morgan fingerprint density at radius 1 is 0.317 bits per heavy atom. The molecule has 13 aromatic rings. The topological polar surface area (TPSA) is 48.5 Å². The quantitative estimate of drug-likeness (QED) is 0.168. The lowest BCUT2D eigenvalue weighted by atomic mass is 9.96. The molecule has 10 aromatic carbocycles. The third kappa shape index (κ3) is 4.22. The van der Waals surface area contributed by atoms with Crippen LogP contribution in [-0.2, 0) is 0 Å². The van der Waals surface area contributed by atoms with Gasteiger partial charge < -0.3 is 4.57 Å². The first kappa shape index (κ1) is 31.9. The maximum Gasteiger partial charge on any atom is 0.238 e. The number of para-hydroxylation sites is 1. The largest absolute Gasteiger partial charge is 0.309 e. The fraction of sp³-hybridized carbons (Fsp3) is 0. The average molecular weight is 762 g/mol. The van der Waals surface area contributed by atoms with Crippen molar-refractivity contribution >= 4 is 86.7 Å². The van der Waals surface area contributed by atoms with Crippen LogP contribution in [0.25, 0.3) is 132 Å². The Morgan fingerprint density at radius 2 is 0.867 bits per heavy atom. The van der Waals surface area contributed by atoms with E-state index in [1.807, 2.05) is 0 Å². The summed E-state index contributed by atoms with van der Waals surface area (Å²) in [6.07, 6.45) is 0. The molecule has 3 heterocycles. The van der Waals surface area contributed by atoms with Gasteiger partial charge in [0.15, 0.2) is 11.6 Å². The van der Waals surface area contributed by atoms with Crippen LogP contribution in [-0.4, -0.2) is 24.1 Å². The predicted octanol–water partition coefficient (Wildman–Crippen LogP) is 14.0. The molecule has 1 aliphatic rings. The van der Waals surface area contributed by atoms with Gasteiger partial charge in [0.05, 0.1) is 22.1 Å². The van der Waals surface area contributed by atoms with Gasteiger partial charge in [-0.2, -0.15) is 9.97 Å². The zero-order chi connectivity index (χ0) is 39.1. The van der Waals surface area contributed by atoms with Crippen LogP contribution >= 0.6 is 0 Å². The fourth-order valence-electron chi connectivity index (χ4n) is 10.3. The molecule has 5 nitrogen and oxygen atoms in total. The lowest BCUT2D eigenvalue weighted by molar-refractivity contribution is 0.955. The van der Waals surface area contributed by atoms with Crippen LogP contribution < -0.4 is 0 Å². The van der Waals surface area contributed by atoms with Crippen LogP contribution in [0.15, 0.2) is 188 Å². The Morgan fingerprint density at radius 3 is 1.57 bits per heavy atom. The van der Waals surface area contributed by atoms with Crippen LogP contribution in [0, 0.1) is 0 Å². The van der Waals surface area contributed by atoms with Gasteiger partial charge in [-0.25, -0.2) is 4.98 Å². The van der Waals surface area contributed by atoms with Crippen molar-refractivity contribution in [1.29, 1.82) is 0 Å². The molecule has 0 saturated carbocycles. The van der Waals surface area contributed by atoms with Gasteiger partial charge in [0.2, 0.25) is 5.95 Å². The number of fused-ring (bicyclic) bond motifs is 4. The molecular weight excluding hydrogens is 731 g/mol. The van der Waals surface area contributed by atoms with Gasteiger partial charge in [-0.05, 0) is 97.4 Å². The highest BCUT2D eigenvalue weighted by molar-refractivity contribution is 6.38. The van der Waals surface area contributed by atoms with E-state index in [-0.39, 0.29) is 0 Å². The first-order valence-corrected chi connectivity index (χ1v) is 20.5. The summed E-state index contributed by atoms with van der Waals surface area (Å²) >= 11 is 0. The van der Waals surface area contributed by atoms with Crippen LogP contribution in [0.2, 0.25) is 0 Å². The van der Waals surface area contributed by atoms with E-state index in [1.165, 1.54) is 59.9 Å². The van der Waals surface area contributed by atoms with Crippen LogP contribution in [0.4, 0.5) is 0 Å². The molecule has 0 bridgehead atoms. The average Bonchev–Trinajstić information content (AvgIpc) is 3.79. The summed E-state index contributed by atoms with van der Waals surface area (Å²) in [5.41, 5.74) is 10.1. The summed E-state index contributed by atoms with van der Waals surface area (Å²) in [6, 6.07) is 67.7. The van der Waals surface area contributed by atoms with Crippen molar-refractivity contribution in [3.8, 4) is 45.5 Å². The summed E-state index contributed by atoms with van der Waals surface area (Å²) in [7, 11) is 0. The number of benzene rings is 10. The lowest BCUT2D eigenvalue weighted by Crippen LogP contribution is -2.07. The van der Waals surface area contributed by atoms with Crippen molar-refractivity contribution < 1.29 is 0 Å². The molecular formula is C55H31N5. The number of rotatable bonds is 4. The monoisotopic (exact) mass is 761 g/mol. The molecule has 0 spiro atoms. The Hall–Kier alpha value is -8.15. The van der Waals surface area contributed by atoms with E-state index in [4.69, 9.17) is 15.0 Å². The Balaban J connectivity index is 1.14. The van der Waals surface area contributed by atoms with E-state index in [2.05, 4.69) is 197 Å². The van der Waals surface area contributed by atoms with Gasteiger partial charge in [-0.1, -0.05) is 140 Å². The van der Waals surface area contributed by atoms with Crippen molar-refractivity contribution in [2.75, 3.05) is 0 Å². The third-order valence-electron chi connectivity index (χ3n) is 12.8. The summed E-state index contributed by atoms with van der Waals surface area (Å²) in [5.74, 6) is 1.86. The molecule has 5 heteroatoms. The van der Waals surface area contributed by atoms with Crippen molar-refractivity contribution in [3.05, 3.63) is 188 Å². The molecule has 0 fully saturated rings. The smallest absolute Gasteiger partial charge is 0.238 e. The maximum atomic E-state index is 5.54. The number of aromatic nitrogens is 5. The zero-order valence-electron chi connectivity index (χ0n) is 32.1. The number of nitrogens with zero attached hydrogens (tertiary/aromatic N) is 5. The van der Waals surface area contributed by atoms with Gasteiger partial charge in [0, 0.05) is 43.7 Å². The van der Waals surface area contributed by atoms with Crippen molar-refractivity contribution in [3.63, 3.8) is 0 Å². The van der Waals surface area contributed by atoms with Gasteiger partial charge in [-0.15, -0.1) is 0 Å². The Labute approximate surface area is 343 Å². The molecule has 60 heavy (non-hydrogen) atoms. The summed E-state index contributed by atoms with van der Waals surface area (Å²) in [6.45, 7) is 0. The van der Waals surface area contributed by atoms with Crippen LogP contribution in [0.3, 0.4) is 0 Å². The molecule has 0 amide bonds. The SMILES string of the molecule is c1ccc(-n2c3cccc4c3c3c5c(ccc32)ccc2c5c3c-4cccc3n2-c2nc(-c3ccc4ccccc4c3)nc(-c3c4ccccc4cc4ccccc34)n2)cc1. The fourth-order valence-corrected chi connectivity index (χ4v) is 10.3. The molecule has 0 radical (unpaired) electrons. The molecule has 0 atom stereocenters. The highest BCUT2D eigenvalue weighted by atomic mass is 15.2. The van der Waals surface area contributed by atoms with Crippen LogP contribution in [0.1, 0.15) is 0 Å². The minimum absolute atomic E-state index is 0.588. The zero-order valence-corrected chi connectivity index (χ0v) is 32.1. The summed E-state index contributed by atoms with van der Waals surface area (Å²) in [5, 5.41) is 14.3. The van der Waals surface area contributed by atoms with E-state index in [9.17, 15) is 0 Å². The van der Waals surface area contributed by atoms with Gasteiger partial charge in [0.1, 0.15) is 0 Å². The molecule has 0 saturated heterocycles. The van der Waals surface area contributed by atoms with Gasteiger partial charge in [-0.3, -0.25) is 4.57 Å². The Bertz CT molecular complexity index is 3950. The standard InChI is InChI=1S/C55H31N5/c1-2-16-38(17-3-1)59-43-22-10-20-41-42-21-11-23-44-50(42)52-46(29-27-33-26-28-45(59)51(47(33)52)49(41)43)60(44)55-57-53(37-25-24-32-12-4-5-13-34(32)30-37)56-54(58-55)48-39-18-8-6-14-35(39)31-36-15-7-9-19-40(36)48/h1-31H. The van der Waals surface area contributed by atoms with E-state index >= 15 is 0 Å². The van der Waals surface area contributed by atoms with E-state index < -0.39 is 0 Å². The van der Waals surface area contributed by atoms with Crippen molar-refractivity contribution in [2.24, 2.45) is 0 Å². The second-order valence-corrected chi connectivity index (χ2v) is 16.0. The molecule has 276 valence electrons. The van der Waals surface area contributed by atoms with Crippen molar-refractivity contribution in [1.82, 2.24) is 24.1 Å². The minimum atomic E-state index is 0.588.